The van der Waals surface area contributed by atoms with Crippen molar-refractivity contribution < 1.29 is 14.3 Å². The topological polar surface area (TPSA) is 70.7 Å². The highest BCUT2D eigenvalue weighted by molar-refractivity contribution is 7.16. The lowest BCUT2D eigenvalue weighted by Crippen LogP contribution is -2.39. The molecule has 2 N–H and O–H groups in total. The Morgan fingerprint density at radius 3 is 2.96 bits per heavy atom. The standard InChI is InChI=1S/C18H17Cl2N3O3S/c1-2-26-18(25)23-7-6-9-12(8-23)27-17-13(9)16(24)21-15(22-17)10-4-3-5-11(19)14(10)20/h3-5,15,22H,2,6-8H2,1H3,(H,21,24). The van der Waals surface area contributed by atoms with Gasteiger partial charge in [0.1, 0.15) is 11.2 Å². The van der Waals surface area contributed by atoms with Crippen molar-refractivity contribution >= 4 is 51.5 Å². The predicted octanol–water partition coefficient (Wildman–Crippen LogP) is 4.42. The molecule has 2 aliphatic rings. The van der Waals surface area contributed by atoms with Crippen molar-refractivity contribution in [1.29, 1.82) is 0 Å². The number of carbonyl (C=O) groups is 2. The van der Waals surface area contributed by atoms with Crippen LogP contribution in [0.1, 0.15) is 39.5 Å². The number of nitrogens with zero attached hydrogens (tertiary/aromatic N) is 1. The number of ether oxygens (including phenoxy) is 1. The van der Waals surface area contributed by atoms with Gasteiger partial charge < -0.3 is 20.3 Å². The first kappa shape index (κ1) is 18.4. The average Bonchev–Trinajstić information content (AvgIpc) is 3.02. The highest BCUT2D eigenvalue weighted by Gasteiger charge is 2.35. The lowest BCUT2D eigenvalue weighted by atomic mass is 10.0. The van der Waals surface area contributed by atoms with Crippen LogP contribution in [-0.2, 0) is 17.7 Å². The van der Waals surface area contributed by atoms with Crippen molar-refractivity contribution in [2.24, 2.45) is 0 Å². The van der Waals surface area contributed by atoms with Crippen LogP contribution in [-0.4, -0.2) is 30.1 Å². The fourth-order valence-electron chi connectivity index (χ4n) is 3.39. The van der Waals surface area contributed by atoms with Crippen LogP contribution < -0.4 is 10.6 Å². The highest BCUT2D eigenvalue weighted by Crippen LogP contribution is 2.42. The Kier molecular flexibility index (Phi) is 4.92. The van der Waals surface area contributed by atoms with Gasteiger partial charge in [-0.05, 0) is 25.0 Å². The molecule has 27 heavy (non-hydrogen) atoms. The number of amides is 2. The molecule has 0 fully saturated rings. The zero-order valence-corrected chi connectivity index (χ0v) is 16.8. The first-order chi connectivity index (χ1) is 13.0. The van der Waals surface area contributed by atoms with Gasteiger partial charge >= 0.3 is 6.09 Å². The number of nitrogens with one attached hydrogen (secondary N) is 2. The summed E-state index contributed by atoms with van der Waals surface area (Å²) in [4.78, 5) is 27.5. The SMILES string of the molecule is CCOC(=O)N1CCc2c(sc3c2C(=O)NC(c2cccc(Cl)c2Cl)N3)C1. The molecule has 2 aliphatic heterocycles. The van der Waals surface area contributed by atoms with Crippen LogP contribution in [0.4, 0.5) is 9.80 Å². The van der Waals surface area contributed by atoms with Crippen molar-refractivity contribution in [3.63, 3.8) is 0 Å². The number of hydrogen-bond donors (Lipinski definition) is 2. The van der Waals surface area contributed by atoms with Gasteiger partial charge in [-0.3, -0.25) is 4.79 Å². The Balaban J connectivity index is 1.63. The molecule has 1 aromatic heterocycles. The first-order valence-corrected chi connectivity index (χ1v) is 10.1. The van der Waals surface area contributed by atoms with Gasteiger partial charge in [-0.2, -0.15) is 0 Å². The van der Waals surface area contributed by atoms with Crippen LogP contribution in [0.25, 0.3) is 0 Å². The monoisotopic (exact) mass is 425 g/mol. The molecule has 0 saturated carbocycles. The molecule has 4 rings (SSSR count). The van der Waals surface area contributed by atoms with E-state index in [1.54, 1.807) is 24.0 Å². The van der Waals surface area contributed by atoms with E-state index in [2.05, 4.69) is 10.6 Å². The quantitative estimate of drug-likeness (QED) is 0.746. The van der Waals surface area contributed by atoms with Crippen LogP contribution in [0.15, 0.2) is 18.2 Å². The maximum absolute atomic E-state index is 12.8. The number of carbonyl (C=O) groups excluding carboxylic acids is 2. The van der Waals surface area contributed by atoms with E-state index in [0.717, 1.165) is 15.4 Å². The van der Waals surface area contributed by atoms with Gasteiger partial charge in [-0.15, -0.1) is 11.3 Å². The number of fused-ring (bicyclic) bond motifs is 3. The molecule has 3 heterocycles. The molecule has 6 nitrogen and oxygen atoms in total. The molecule has 2 aromatic rings. The number of rotatable bonds is 2. The van der Waals surface area contributed by atoms with E-state index in [4.69, 9.17) is 27.9 Å². The van der Waals surface area contributed by atoms with Crippen molar-refractivity contribution in [3.8, 4) is 0 Å². The summed E-state index contributed by atoms with van der Waals surface area (Å²) in [6, 6.07) is 5.33. The van der Waals surface area contributed by atoms with Gasteiger partial charge in [-0.25, -0.2) is 4.79 Å². The Bertz CT molecular complexity index is 931. The maximum Gasteiger partial charge on any atom is 0.410 e. The van der Waals surface area contributed by atoms with Gasteiger partial charge in [0, 0.05) is 17.0 Å². The third-order valence-electron chi connectivity index (χ3n) is 4.65. The Hall–Kier alpha value is -1.96. The largest absolute Gasteiger partial charge is 0.450 e. The minimum absolute atomic E-state index is 0.146. The third-order valence-corrected chi connectivity index (χ3v) is 6.63. The maximum atomic E-state index is 12.8. The summed E-state index contributed by atoms with van der Waals surface area (Å²) in [5.74, 6) is -0.146. The number of benzene rings is 1. The molecule has 0 radical (unpaired) electrons. The van der Waals surface area contributed by atoms with Crippen LogP contribution in [0, 0.1) is 0 Å². The molecule has 9 heteroatoms. The van der Waals surface area contributed by atoms with Gasteiger partial charge in [-0.1, -0.05) is 35.3 Å². The summed E-state index contributed by atoms with van der Waals surface area (Å²) in [7, 11) is 0. The van der Waals surface area contributed by atoms with E-state index in [9.17, 15) is 9.59 Å². The van der Waals surface area contributed by atoms with Gasteiger partial charge in [0.05, 0.1) is 28.8 Å². The van der Waals surface area contributed by atoms with Crippen molar-refractivity contribution in [3.05, 3.63) is 49.8 Å². The molecule has 0 saturated heterocycles. The van der Waals surface area contributed by atoms with Crippen LogP contribution in [0.3, 0.4) is 0 Å². The Morgan fingerprint density at radius 2 is 2.19 bits per heavy atom. The summed E-state index contributed by atoms with van der Waals surface area (Å²) < 4.78 is 5.09. The van der Waals surface area contributed by atoms with Gasteiger partial charge in [0.25, 0.3) is 5.91 Å². The van der Waals surface area contributed by atoms with Crippen LogP contribution in [0.5, 0.6) is 0 Å². The summed E-state index contributed by atoms with van der Waals surface area (Å²) in [5, 5.41) is 7.94. The molecule has 142 valence electrons. The minimum atomic E-state index is -0.461. The molecule has 0 spiro atoms. The number of halogens is 2. The molecular weight excluding hydrogens is 409 g/mol. The molecule has 2 amide bonds. The first-order valence-electron chi connectivity index (χ1n) is 8.57. The number of thiophene rings is 1. The van der Waals surface area contributed by atoms with E-state index in [0.29, 0.717) is 47.3 Å². The molecule has 1 atom stereocenters. The fourth-order valence-corrected chi connectivity index (χ4v) is 5.09. The van der Waals surface area contributed by atoms with Crippen molar-refractivity contribution in [1.82, 2.24) is 10.2 Å². The highest BCUT2D eigenvalue weighted by atomic mass is 35.5. The van der Waals surface area contributed by atoms with Crippen molar-refractivity contribution in [2.45, 2.75) is 26.1 Å². The lowest BCUT2D eigenvalue weighted by Gasteiger charge is -2.28. The zero-order chi connectivity index (χ0) is 19.1. The lowest BCUT2D eigenvalue weighted by molar-refractivity contribution is 0.0934. The van der Waals surface area contributed by atoms with Gasteiger partial charge in [0.15, 0.2) is 0 Å². The van der Waals surface area contributed by atoms with Gasteiger partial charge in [0.2, 0.25) is 0 Å². The Labute approximate surface area is 170 Å². The normalized spacial score (nSPS) is 18.3. The molecule has 1 unspecified atom stereocenters. The second kappa shape index (κ2) is 7.22. The average molecular weight is 426 g/mol. The van der Waals surface area contributed by atoms with E-state index >= 15 is 0 Å². The summed E-state index contributed by atoms with van der Waals surface area (Å²) in [5.41, 5.74) is 2.37. The van der Waals surface area contributed by atoms with Crippen LogP contribution in [0.2, 0.25) is 10.0 Å². The molecule has 0 bridgehead atoms. The third kappa shape index (κ3) is 3.24. The van der Waals surface area contributed by atoms with E-state index in [-0.39, 0.29) is 12.0 Å². The smallest absolute Gasteiger partial charge is 0.410 e. The van der Waals surface area contributed by atoms with E-state index in [1.807, 2.05) is 6.07 Å². The predicted molar refractivity (Wildman–Crippen MR) is 106 cm³/mol. The Morgan fingerprint density at radius 1 is 1.37 bits per heavy atom. The summed E-state index contributed by atoms with van der Waals surface area (Å²) in [6.07, 6.45) is -0.162. The molecule has 0 aliphatic carbocycles. The zero-order valence-electron chi connectivity index (χ0n) is 14.5. The second-order valence-corrected chi connectivity index (χ2v) is 8.16. The number of anilines is 1. The van der Waals surface area contributed by atoms with Crippen molar-refractivity contribution in [2.75, 3.05) is 18.5 Å². The minimum Gasteiger partial charge on any atom is -0.450 e. The number of hydrogen-bond acceptors (Lipinski definition) is 5. The van der Waals surface area contributed by atoms with E-state index < -0.39 is 6.17 Å². The second-order valence-electron chi connectivity index (χ2n) is 6.27. The fraction of sp³-hybridized carbons (Fsp3) is 0.333. The molecule has 1 aromatic carbocycles. The van der Waals surface area contributed by atoms with Crippen LogP contribution >= 0.6 is 34.5 Å². The molecular formula is C18H17Cl2N3O3S. The summed E-state index contributed by atoms with van der Waals surface area (Å²) in [6.45, 7) is 3.11. The summed E-state index contributed by atoms with van der Waals surface area (Å²) >= 11 is 13.9. The van der Waals surface area contributed by atoms with E-state index in [1.165, 1.54) is 11.3 Å².